The van der Waals surface area contributed by atoms with Crippen LogP contribution in [0.2, 0.25) is 0 Å². The van der Waals surface area contributed by atoms with Crippen LogP contribution in [-0.2, 0) is 38.0 Å². The summed E-state index contributed by atoms with van der Waals surface area (Å²) in [6, 6.07) is 0. The summed E-state index contributed by atoms with van der Waals surface area (Å²) in [5.74, 6) is -1.44. The van der Waals surface area contributed by atoms with Crippen molar-refractivity contribution in [1.29, 1.82) is 0 Å². The van der Waals surface area contributed by atoms with Crippen LogP contribution in [0.15, 0.2) is 48.6 Å². The number of aliphatic hydroxyl groups excluding tert-OH is 6. The number of carbonyl (C=O) groups excluding carboxylic acids is 2. The van der Waals surface area contributed by atoms with E-state index in [-0.39, 0.29) is 36.8 Å². The molecular weight excluding hydrogens is 608 g/mol. The Morgan fingerprint density at radius 3 is 1.33 bits per heavy atom. The molecular formula is C32H48O14. The highest BCUT2D eigenvalue weighted by molar-refractivity contribution is 5.88. The number of aliphatic hydroxyl groups is 6. The lowest BCUT2D eigenvalue weighted by Gasteiger charge is -2.43. The molecule has 14 nitrogen and oxygen atoms in total. The molecule has 0 aromatic heterocycles. The summed E-state index contributed by atoms with van der Waals surface area (Å²) < 4.78 is 34.1. The SMILES string of the molecule is C=CC1(C)CC/C=C(/C)C(=O)OC[C@H]2O[C@@H](OC(C)(C=C)CC/C=C(/C)C(=O)OC[C@H]3O[C@@H](O1)[C@H](O)[C@H](O)[C@@H]3O)[C@H](O)[C@H](O)[C@@H]2O. The zero-order chi connectivity index (χ0) is 34.4. The number of allylic oxidation sites excluding steroid dienone is 2. The van der Waals surface area contributed by atoms with Crippen LogP contribution < -0.4 is 0 Å². The molecule has 12 atom stereocenters. The maximum atomic E-state index is 12.7. The van der Waals surface area contributed by atoms with Crippen LogP contribution >= 0.6 is 0 Å². The molecule has 0 spiro atoms. The van der Waals surface area contributed by atoms with Gasteiger partial charge in [0.05, 0.1) is 11.2 Å². The molecule has 0 saturated carbocycles. The largest absolute Gasteiger partial charge is 0.459 e. The van der Waals surface area contributed by atoms with Gasteiger partial charge in [-0.15, -0.1) is 13.2 Å². The van der Waals surface area contributed by atoms with Crippen molar-refractivity contribution in [3.05, 3.63) is 48.6 Å². The zero-order valence-corrected chi connectivity index (χ0v) is 26.7. The number of carbonyl (C=O) groups is 2. The number of cyclic esters (lactones) is 2. The van der Waals surface area contributed by atoms with Crippen molar-refractivity contribution in [3.63, 3.8) is 0 Å². The molecule has 2 unspecified atom stereocenters. The van der Waals surface area contributed by atoms with Crippen molar-refractivity contribution < 1.29 is 68.6 Å². The highest BCUT2D eigenvalue weighted by Crippen LogP contribution is 2.31. The summed E-state index contributed by atoms with van der Waals surface area (Å²) in [6.07, 6.45) is -7.94. The molecule has 3 rings (SSSR count). The predicted octanol–water partition coefficient (Wildman–Crippen LogP) is 0.0772. The van der Waals surface area contributed by atoms with Crippen molar-refractivity contribution in [1.82, 2.24) is 0 Å². The molecule has 3 aliphatic heterocycles. The van der Waals surface area contributed by atoms with Gasteiger partial charge < -0.3 is 59.1 Å². The van der Waals surface area contributed by atoms with Crippen LogP contribution in [-0.4, -0.2) is 128 Å². The van der Waals surface area contributed by atoms with Gasteiger partial charge in [-0.3, -0.25) is 0 Å². The van der Waals surface area contributed by atoms with Gasteiger partial charge in [0.1, 0.15) is 62.0 Å². The van der Waals surface area contributed by atoms with E-state index in [1.54, 1.807) is 26.0 Å². The van der Waals surface area contributed by atoms with Crippen molar-refractivity contribution in [2.24, 2.45) is 0 Å². The van der Waals surface area contributed by atoms with E-state index < -0.39 is 97.8 Å². The first-order chi connectivity index (χ1) is 21.5. The lowest BCUT2D eigenvalue weighted by molar-refractivity contribution is -0.320. The lowest BCUT2D eigenvalue weighted by Crippen LogP contribution is -2.60. The first kappa shape index (κ1) is 38.0. The number of rotatable bonds is 2. The summed E-state index contributed by atoms with van der Waals surface area (Å²) in [5, 5.41) is 63.2. The second kappa shape index (κ2) is 16.1. The fourth-order valence-electron chi connectivity index (χ4n) is 5.11. The molecule has 3 aliphatic rings. The molecule has 4 bridgehead atoms. The van der Waals surface area contributed by atoms with Crippen LogP contribution in [0.1, 0.15) is 53.4 Å². The van der Waals surface area contributed by atoms with E-state index >= 15 is 0 Å². The van der Waals surface area contributed by atoms with Gasteiger partial charge in [0, 0.05) is 11.1 Å². The fourth-order valence-corrected chi connectivity index (χ4v) is 5.11. The average Bonchev–Trinajstić information content (AvgIpc) is 3.03. The minimum absolute atomic E-state index is 0.219. The van der Waals surface area contributed by atoms with Gasteiger partial charge in [-0.25, -0.2) is 9.59 Å². The average molecular weight is 657 g/mol. The molecule has 0 aromatic carbocycles. The molecule has 6 N–H and O–H groups in total. The molecule has 0 aromatic rings. The first-order valence-electron chi connectivity index (χ1n) is 15.2. The maximum Gasteiger partial charge on any atom is 0.333 e. The Labute approximate surface area is 268 Å². The highest BCUT2D eigenvalue weighted by Gasteiger charge is 2.48. The molecule has 2 fully saturated rings. The number of hydrogen-bond donors (Lipinski definition) is 6. The van der Waals surface area contributed by atoms with Gasteiger partial charge in [-0.2, -0.15) is 0 Å². The lowest BCUT2D eigenvalue weighted by atomic mass is 9.96. The van der Waals surface area contributed by atoms with E-state index in [9.17, 15) is 40.2 Å². The minimum Gasteiger partial charge on any atom is -0.459 e. The summed E-state index contributed by atoms with van der Waals surface area (Å²) in [5.41, 5.74) is -1.82. The van der Waals surface area contributed by atoms with Crippen LogP contribution in [0.25, 0.3) is 0 Å². The number of fused-ring (bicyclic) bond motifs is 4. The topological polar surface area (TPSA) is 211 Å². The third-order valence-corrected chi connectivity index (χ3v) is 8.56. The fraction of sp³-hybridized carbons (Fsp3) is 0.688. The molecule has 0 radical (unpaired) electrons. The Bertz CT molecular complexity index is 1070. The summed E-state index contributed by atoms with van der Waals surface area (Å²) in [7, 11) is 0. The Hall–Kier alpha value is -2.50. The molecule has 0 aliphatic carbocycles. The zero-order valence-electron chi connectivity index (χ0n) is 26.7. The summed E-state index contributed by atoms with van der Waals surface area (Å²) in [4.78, 5) is 25.5. The third-order valence-electron chi connectivity index (χ3n) is 8.56. The van der Waals surface area contributed by atoms with Gasteiger partial charge in [0.2, 0.25) is 0 Å². The van der Waals surface area contributed by atoms with Crippen molar-refractivity contribution in [3.8, 4) is 0 Å². The van der Waals surface area contributed by atoms with Gasteiger partial charge in [0.25, 0.3) is 0 Å². The van der Waals surface area contributed by atoms with E-state index in [1.807, 2.05) is 0 Å². The summed E-state index contributed by atoms with van der Waals surface area (Å²) >= 11 is 0. The van der Waals surface area contributed by atoms with Gasteiger partial charge in [-0.05, 0) is 53.4 Å². The Morgan fingerprint density at radius 2 is 1.00 bits per heavy atom. The van der Waals surface area contributed by atoms with Gasteiger partial charge >= 0.3 is 11.9 Å². The van der Waals surface area contributed by atoms with E-state index in [4.69, 9.17) is 28.4 Å². The second-order valence-electron chi connectivity index (χ2n) is 12.3. The van der Waals surface area contributed by atoms with Gasteiger partial charge in [0.15, 0.2) is 12.6 Å². The van der Waals surface area contributed by atoms with E-state index in [0.717, 1.165) is 0 Å². The van der Waals surface area contributed by atoms with Gasteiger partial charge in [-0.1, -0.05) is 24.3 Å². The summed E-state index contributed by atoms with van der Waals surface area (Å²) in [6.45, 7) is 13.0. The standard InChI is InChI=1S/C32H48O14/c1-7-31(5)13-9-11-17(3)27(39)42-16-20-22(34)24(36)26(38)30(44-20)46-32(6,8-2)14-10-12-18(4)28(40)41-15-19-21(33)23(35)25(37)29(43-19)45-31/h7-8,11-12,19-26,29-30,33-38H,1-2,9-10,13-16H2,3-6H3/b17-11-,18-12-/t19-,20-,21-,22-,23-,24-,25-,26-,29+,30+,31?,32?/m1/s1. The van der Waals surface area contributed by atoms with Crippen LogP contribution in [0.4, 0.5) is 0 Å². The maximum absolute atomic E-state index is 12.7. The van der Waals surface area contributed by atoms with Crippen LogP contribution in [0, 0.1) is 0 Å². The molecule has 0 amide bonds. The van der Waals surface area contributed by atoms with E-state index in [0.29, 0.717) is 0 Å². The third kappa shape index (κ3) is 9.31. The smallest absolute Gasteiger partial charge is 0.333 e. The Balaban J connectivity index is 1.87. The highest BCUT2D eigenvalue weighted by atomic mass is 16.7. The second-order valence-corrected chi connectivity index (χ2v) is 12.3. The minimum atomic E-state index is -1.66. The normalized spacial score (nSPS) is 45.0. The van der Waals surface area contributed by atoms with Crippen LogP contribution in [0.5, 0.6) is 0 Å². The molecule has 46 heavy (non-hydrogen) atoms. The molecule has 260 valence electrons. The Morgan fingerprint density at radius 1 is 0.652 bits per heavy atom. The van der Waals surface area contributed by atoms with E-state index in [2.05, 4.69) is 13.2 Å². The Kier molecular flexibility index (Phi) is 13.3. The quantitative estimate of drug-likeness (QED) is 0.172. The van der Waals surface area contributed by atoms with E-state index in [1.165, 1.54) is 26.0 Å². The molecule has 3 heterocycles. The monoisotopic (exact) mass is 656 g/mol. The predicted molar refractivity (Wildman–Crippen MR) is 161 cm³/mol. The van der Waals surface area contributed by atoms with Crippen molar-refractivity contribution in [2.75, 3.05) is 13.2 Å². The molecule has 2 saturated heterocycles. The van der Waals surface area contributed by atoms with Crippen LogP contribution in [0.3, 0.4) is 0 Å². The first-order valence-corrected chi connectivity index (χ1v) is 15.2. The van der Waals surface area contributed by atoms with Crippen molar-refractivity contribution in [2.45, 2.75) is 126 Å². The number of hydrogen-bond acceptors (Lipinski definition) is 14. The van der Waals surface area contributed by atoms with Crippen molar-refractivity contribution >= 4 is 11.9 Å². The number of ether oxygens (including phenoxy) is 6. The molecule has 14 heteroatoms. The number of esters is 2.